The fourth-order valence-electron chi connectivity index (χ4n) is 3.46. The van der Waals surface area contributed by atoms with Gasteiger partial charge in [0.15, 0.2) is 21.6 Å². The van der Waals surface area contributed by atoms with Gasteiger partial charge in [0, 0.05) is 30.9 Å². The van der Waals surface area contributed by atoms with Crippen molar-refractivity contribution < 1.29 is 47.1 Å². The highest BCUT2D eigenvalue weighted by Crippen LogP contribution is 2.51. The summed E-state index contributed by atoms with van der Waals surface area (Å²) in [5.41, 5.74) is 4.86. The highest BCUT2D eigenvalue weighted by Gasteiger charge is 2.54. The lowest BCUT2D eigenvalue weighted by Crippen LogP contribution is -2.43. The van der Waals surface area contributed by atoms with Gasteiger partial charge in [0.2, 0.25) is 0 Å². The minimum atomic E-state index is -4.16. The number of phosphoric acid groups is 1. The number of hydrogen-bond acceptors (Lipinski definition) is 15. The minimum Gasteiger partial charge on any atom is -0.458 e. The molecule has 1 saturated heterocycles. The molecule has 2 aromatic heterocycles. The Bertz CT molecular complexity index is 1100. The predicted molar refractivity (Wildman–Crippen MR) is 132 cm³/mol. The molecule has 16 heteroatoms. The van der Waals surface area contributed by atoms with Crippen molar-refractivity contribution in [3.05, 3.63) is 18.2 Å². The molecule has 0 saturated carbocycles. The Morgan fingerprint density at radius 1 is 1.17 bits per heavy atom. The number of fused-ring (bicyclic) bond motifs is 1. The van der Waals surface area contributed by atoms with Gasteiger partial charge in [0.05, 0.1) is 26.1 Å². The summed E-state index contributed by atoms with van der Waals surface area (Å²) in [4.78, 5) is 30.2. The average Bonchev–Trinajstić information content (AvgIpc) is 3.33. The molecule has 0 radical (unpaired) electrons. The summed E-state index contributed by atoms with van der Waals surface area (Å²) in [5.74, 6) is 0.531. The third kappa shape index (κ3) is 7.05. The smallest absolute Gasteiger partial charge is 0.458 e. The summed E-state index contributed by atoms with van der Waals surface area (Å²) in [6.07, 6.45) is -1.13. The number of rotatable bonds is 12. The second-order valence-electron chi connectivity index (χ2n) is 7.94. The predicted octanol–water partition coefficient (Wildman–Crippen LogP) is 2.07. The largest absolute Gasteiger partial charge is 0.474 e. The summed E-state index contributed by atoms with van der Waals surface area (Å²) in [5, 5.41) is 21.5. The number of carbonyl (C=O) groups is 2. The van der Waals surface area contributed by atoms with Crippen molar-refractivity contribution in [1.82, 2.24) is 9.97 Å². The average molecular weight is 566 g/mol. The van der Waals surface area contributed by atoms with E-state index in [0.29, 0.717) is 11.1 Å². The van der Waals surface area contributed by atoms with Gasteiger partial charge in [-0.2, -0.15) is 0 Å². The van der Waals surface area contributed by atoms with Crippen LogP contribution in [0.15, 0.2) is 17.0 Å². The number of anilines is 1. The maximum absolute atomic E-state index is 13.1. The SMILES string of the molecule is CC(=O)SCCOP(=O)(OCCSC(C)=O)OCC1OC(c2coc3c(N)ncnc23)C(C)(O)C1O. The lowest BCUT2D eigenvalue weighted by Gasteiger charge is -2.26. The number of nitrogens with zero attached hydrogens (tertiary/aromatic N) is 2. The second kappa shape index (κ2) is 12.3. The van der Waals surface area contributed by atoms with E-state index in [0.717, 1.165) is 23.5 Å². The Kier molecular flexibility index (Phi) is 9.94. The van der Waals surface area contributed by atoms with Gasteiger partial charge in [0.1, 0.15) is 35.8 Å². The summed E-state index contributed by atoms with van der Waals surface area (Å²) in [6, 6.07) is 0. The van der Waals surface area contributed by atoms with Gasteiger partial charge < -0.3 is 25.1 Å². The lowest BCUT2D eigenvalue weighted by atomic mass is 9.89. The molecule has 4 N–H and O–H groups in total. The van der Waals surface area contributed by atoms with Crippen LogP contribution in [-0.2, 0) is 32.5 Å². The highest BCUT2D eigenvalue weighted by molar-refractivity contribution is 8.13. The summed E-state index contributed by atoms with van der Waals surface area (Å²) in [7, 11) is -4.16. The molecule has 0 bridgehead atoms. The molecule has 0 aliphatic carbocycles. The fourth-order valence-corrected chi connectivity index (χ4v) is 5.79. The first kappa shape index (κ1) is 29.0. The molecule has 13 nitrogen and oxygen atoms in total. The molecule has 4 unspecified atom stereocenters. The molecule has 3 heterocycles. The van der Waals surface area contributed by atoms with Gasteiger partial charge in [-0.1, -0.05) is 23.5 Å². The van der Waals surface area contributed by atoms with Crippen LogP contribution in [0.3, 0.4) is 0 Å². The van der Waals surface area contributed by atoms with Gasteiger partial charge >= 0.3 is 7.82 Å². The molecule has 2 aromatic rings. The molecule has 36 heavy (non-hydrogen) atoms. The molecular formula is C20H28N3O10PS2. The van der Waals surface area contributed by atoms with Crippen LogP contribution in [-0.4, -0.2) is 79.5 Å². The minimum absolute atomic E-state index is 0.102. The number of nitrogen functional groups attached to an aromatic ring is 1. The number of aromatic nitrogens is 2. The van der Waals surface area contributed by atoms with Gasteiger partial charge in [-0.05, 0) is 6.92 Å². The van der Waals surface area contributed by atoms with Crippen molar-refractivity contribution in [1.29, 1.82) is 0 Å². The van der Waals surface area contributed by atoms with Gasteiger partial charge in [-0.15, -0.1) is 0 Å². The van der Waals surface area contributed by atoms with E-state index in [1.807, 2.05) is 0 Å². The number of nitrogens with two attached hydrogens (primary N) is 1. The zero-order chi connectivity index (χ0) is 26.5. The number of furan rings is 1. The fraction of sp³-hybridized carbons (Fsp3) is 0.600. The van der Waals surface area contributed by atoms with Crippen molar-refractivity contribution in [3.63, 3.8) is 0 Å². The molecule has 200 valence electrons. The van der Waals surface area contributed by atoms with Crippen LogP contribution in [0.4, 0.5) is 5.82 Å². The molecule has 1 fully saturated rings. The molecule has 0 aromatic carbocycles. The molecule has 0 amide bonds. The highest BCUT2D eigenvalue weighted by atomic mass is 32.2. The van der Waals surface area contributed by atoms with Crippen molar-refractivity contribution in [2.45, 2.75) is 44.7 Å². The standard InChI is InChI=1S/C20H28N3O10PS2/c1-11(24)35-6-4-30-34(28,31-5-7-36-12(2)25)32-9-14-17(26)20(3,27)18(33-14)13-8-29-16-15(13)22-10-23-19(16)21/h8,10,14,17-18,26-27H,4-7,9H2,1-3H3,(H2,21,22,23). The van der Waals surface area contributed by atoms with Crippen molar-refractivity contribution in [2.75, 3.05) is 37.1 Å². The first-order chi connectivity index (χ1) is 16.9. The number of thioether (sulfide) groups is 2. The lowest BCUT2D eigenvalue weighted by molar-refractivity contribution is -0.109. The Hall–Kier alpha value is -1.55. The van der Waals surface area contributed by atoms with E-state index >= 15 is 0 Å². The summed E-state index contributed by atoms with van der Waals surface area (Å²) < 4.78 is 40.5. The quantitative estimate of drug-likeness (QED) is 0.250. The van der Waals surface area contributed by atoms with E-state index in [1.165, 1.54) is 33.4 Å². The van der Waals surface area contributed by atoms with Crippen LogP contribution in [0.25, 0.3) is 11.1 Å². The second-order valence-corrected chi connectivity index (χ2v) is 12.2. The van der Waals surface area contributed by atoms with E-state index in [-0.39, 0.29) is 46.4 Å². The van der Waals surface area contributed by atoms with Crippen LogP contribution in [0.2, 0.25) is 0 Å². The van der Waals surface area contributed by atoms with Gasteiger partial charge in [-0.25, -0.2) is 14.5 Å². The van der Waals surface area contributed by atoms with E-state index in [1.54, 1.807) is 0 Å². The van der Waals surface area contributed by atoms with Crippen molar-refractivity contribution >= 4 is 58.5 Å². The van der Waals surface area contributed by atoms with Crippen LogP contribution in [0.5, 0.6) is 0 Å². The Morgan fingerprint density at radius 2 is 1.78 bits per heavy atom. The van der Waals surface area contributed by atoms with E-state index in [9.17, 15) is 24.4 Å². The third-order valence-electron chi connectivity index (χ3n) is 5.16. The van der Waals surface area contributed by atoms with Gasteiger partial charge in [0.25, 0.3) is 0 Å². The molecule has 1 aliphatic heterocycles. The maximum atomic E-state index is 13.1. The zero-order valence-corrected chi connectivity index (χ0v) is 22.3. The Balaban J connectivity index is 1.69. The monoisotopic (exact) mass is 565 g/mol. The van der Waals surface area contributed by atoms with E-state index in [2.05, 4.69) is 9.97 Å². The van der Waals surface area contributed by atoms with Gasteiger partial charge in [-0.3, -0.25) is 23.2 Å². The number of ether oxygens (including phenoxy) is 1. The zero-order valence-electron chi connectivity index (χ0n) is 19.8. The van der Waals surface area contributed by atoms with Crippen LogP contribution >= 0.6 is 31.3 Å². The summed E-state index contributed by atoms with van der Waals surface area (Å²) >= 11 is 1.96. The number of aliphatic hydroxyl groups excluding tert-OH is 1. The number of hydrogen-bond donors (Lipinski definition) is 3. The molecule has 3 rings (SSSR count). The Labute approximate surface area is 215 Å². The normalized spacial score (nSPS) is 24.4. The first-order valence-electron chi connectivity index (χ1n) is 10.8. The van der Waals surface area contributed by atoms with Crippen molar-refractivity contribution in [3.8, 4) is 0 Å². The van der Waals surface area contributed by atoms with Crippen LogP contribution < -0.4 is 5.73 Å². The van der Waals surface area contributed by atoms with E-state index in [4.69, 9.17) is 28.5 Å². The summed E-state index contributed by atoms with van der Waals surface area (Å²) in [6.45, 7) is 3.46. The number of carbonyl (C=O) groups excluding carboxylic acids is 2. The van der Waals surface area contributed by atoms with Crippen LogP contribution in [0, 0.1) is 0 Å². The van der Waals surface area contributed by atoms with Crippen molar-refractivity contribution in [2.24, 2.45) is 0 Å². The number of phosphoric ester groups is 1. The number of aliphatic hydroxyl groups is 2. The topological polar surface area (TPSA) is 194 Å². The third-order valence-corrected chi connectivity index (χ3v) is 8.17. The van der Waals surface area contributed by atoms with E-state index < -0.39 is 38.3 Å². The molecule has 0 spiro atoms. The Morgan fingerprint density at radius 3 is 2.36 bits per heavy atom. The maximum Gasteiger partial charge on any atom is 0.474 e. The molecule has 1 aliphatic rings. The first-order valence-corrected chi connectivity index (χ1v) is 14.2. The molecular weight excluding hydrogens is 537 g/mol. The molecule has 4 atom stereocenters. The van der Waals surface area contributed by atoms with Crippen LogP contribution in [0.1, 0.15) is 32.4 Å².